The fraction of sp³-hybridized carbons (Fsp3) is 0.433. The van der Waals surface area contributed by atoms with E-state index >= 15 is 0 Å². The van der Waals surface area contributed by atoms with E-state index in [4.69, 9.17) is 30.8 Å². The molecular weight excluding hydrogens is 560 g/mol. The minimum Gasteiger partial charge on any atom is -0.491 e. The fourth-order valence-electron chi connectivity index (χ4n) is 4.44. The first-order valence-electron chi connectivity index (χ1n) is 13.9. The summed E-state index contributed by atoms with van der Waals surface area (Å²) < 4.78 is 18.8. The summed E-state index contributed by atoms with van der Waals surface area (Å²) in [7, 11) is 0. The van der Waals surface area contributed by atoms with Crippen LogP contribution in [0.1, 0.15) is 62.9 Å². The van der Waals surface area contributed by atoms with Gasteiger partial charge in [-0.05, 0) is 65.0 Å². The second-order valence-electron chi connectivity index (χ2n) is 10.7. The van der Waals surface area contributed by atoms with E-state index in [0.29, 0.717) is 61.0 Å². The molecule has 2 N–H and O–H groups in total. The van der Waals surface area contributed by atoms with Gasteiger partial charge >= 0.3 is 6.09 Å². The third kappa shape index (κ3) is 8.07. The van der Waals surface area contributed by atoms with Crippen LogP contribution in [0.3, 0.4) is 0 Å². The molecule has 0 spiro atoms. The van der Waals surface area contributed by atoms with Crippen molar-refractivity contribution >= 4 is 29.3 Å². The van der Waals surface area contributed by atoms with Crippen molar-refractivity contribution in [1.82, 2.24) is 25.4 Å². The van der Waals surface area contributed by atoms with E-state index in [2.05, 4.69) is 20.8 Å². The van der Waals surface area contributed by atoms with Crippen LogP contribution in [-0.2, 0) is 14.3 Å². The highest BCUT2D eigenvalue weighted by Crippen LogP contribution is 2.34. The number of aliphatic imine (C=N–C) groups is 1. The van der Waals surface area contributed by atoms with Gasteiger partial charge in [-0.15, -0.1) is 10.2 Å². The predicted molar refractivity (Wildman–Crippen MR) is 160 cm³/mol. The maximum absolute atomic E-state index is 12.6. The van der Waals surface area contributed by atoms with Crippen molar-refractivity contribution in [3.05, 3.63) is 70.3 Å². The van der Waals surface area contributed by atoms with E-state index in [9.17, 15) is 9.59 Å². The van der Waals surface area contributed by atoms with Crippen LogP contribution in [0.25, 0.3) is 5.69 Å². The van der Waals surface area contributed by atoms with E-state index in [1.54, 1.807) is 0 Å². The molecule has 1 aliphatic heterocycles. The van der Waals surface area contributed by atoms with Crippen molar-refractivity contribution < 1.29 is 23.8 Å². The van der Waals surface area contributed by atoms with E-state index in [-0.39, 0.29) is 12.3 Å². The van der Waals surface area contributed by atoms with Crippen LogP contribution in [0.15, 0.2) is 47.5 Å². The van der Waals surface area contributed by atoms with E-state index in [0.717, 1.165) is 16.8 Å². The van der Waals surface area contributed by atoms with Crippen LogP contribution >= 0.6 is 11.6 Å². The Labute approximate surface area is 250 Å². The first-order chi connectivity index (χ1) is 20.1. The zero-order valence-corrected chi connectivity index (χ0v) is 25.3. The van der Waals surface area contributed by atoms with Crippen LogP contribution in [0.5, 0.6) is 5.75 Å². The maximum atomic E-state index is 12.6. The number of carbonyl (C=O) groups excluding carboxylic acids is 2. The zero-order chi connectivity index (χ0) is 30.3. The van der Waals surface area contributed by atoms with Crippen molar-refractivity contribution in [2.24, 2.45) is 4.99 Å². The molecule has 0 aliphatic carbocycles. The summed E-state index contributed by atoms with van der Waals surface area (Å²) in [5, 5.41) is 14.8. The first kappa shape index (κ1) is 31.0. The second-order valence-corrected chi connectivity index (χ2v) is 11.1. The quantitative estimate of drug-likeness (QED) is 0.310. The summed E-state index contributed by atoms with van der Waals surface area (Å²) in [6.07, 6.45) is -0.356. The lowest BCUT2D eigenvalue weighted by Gasteiger charge is -2.19. The van der Waals surface area contributed by atoms with Gasteiger partial charge in [0.2, 0.25) is 5.91 Å². The Bertz CT molecular complexity index is 1430. The van der Waals surface area contributed by atoms with Crippen LogP contribution < -0.4 is 15.4 Å². The van der Waals surface area contributed by atoms with Crippen LogP contribution in [-0.4, -0.2) is 71.0 Å². The largest absolute Gasteiger partial charge is 0.491 e. The molecular formula is C30H37ClN6O5. The predicted octanol–water partition coefficient (Wildman–Crippen LogP) is 4.57. The molecule has 0 saturated carbocycles. The third-order valence-electron chi connectivity index (χ3n) is 6.18. The molecule has 1 unspecified atom stereocenters. The zero-order valence-electron chi connectivity index (χ0n) is 24.6. The van der Waals surface area contributed by atoms with Gasteiger partial charge < -0.3 is 24.8 Å². The number of carbonyl (C=O) groups is 2. The minimum atomic E-state index is -0.553. The average molecular weight is 597 g/mol. The van der Waals surface area contributed by atoms with E-state index in [1.165, 1.54) is 0 Å². The monoisotopic (exact) mass is 596 g/mol. The number of rotatable bonds is 11. The van der Waals surface area contributed by atoms with Gasteiger partial charge in [0.05, 0.1) is 31.0 Å². The van der Waals surface area contributed by atoms with Crippen molar-refractivity contribution in [2.45, 2.75) is 52.7 Å². The molecule has 0 saturated heterocycles. The van der Waals surface area contributed by atoms with Crippen molar-refractivity contribution in [3.8, 4) is 11.4 Å². The lowest BCUT2D eigenvalue weighted by molar-refractivity contribution is -0.121. The second kappa shape index (κ2) is 13.8. The molecule has 42 heavy (non-hydrogen) atoms. The maximum Gasteiger partial charge on any atom is 0.407 e. The first-order valence-corrected chi connectivity index (χ1v) is 14.3. The van der Waals surface area contributed by atoms with Crippen LogP contribution in [0.4, 0.5) is 4.79 Å². The van der Waals surface area contributed by atoms with Crippen molar-refractivity contribution in [1.29, 1.82) is 0 Å². The topological polar surface area (TPSA) is 129 Å². The number of hydrogen-bond donors (Lipinski definition) is 2. The molecule has 11 nitrogen and oxygen atoms in total. The molecule has 4 rings (SSSR count). The Balaban J connectivity index is 1.52. The molecule has 2 aromatic carbocycles. The Morgan fingerprint density at radius 3 is 2.50 bits per heavy atom. The number of ether oxygens (including phenoxy) is 3. The van der Waals surface area contributed by atoms with Gasteiger partial charge in [-0.2, -0.15) is 0 Å². The molecule has 0 radical (unpaired) electrons. The molecule has 0 bridgehead atoms. The summed E-state index contributed by atoms with van der Waals surface area (Å²) in [6.45, 7) is 11.0. The number of aryl methyl sites for hydroxylation is 1. The molecule has 1 atom stereocenters. The Hall–Kier alpha value is -3.96. The summed E-state index contributed by atoms with van der Waals surface area (Å²) in [5.41, 5.74) is 2.62. The molecule has 3 aromatic rings. The normalized spacial score (nSPS) is 14.2. The molecule has 2 heterocycles. The number of amides is 2. The molecule has 224 valence electrons. The third-order valence-corrected chi connectivity index (χ3v) is 6.43. The lowest BCUT2D eigenvalue weighted by atomic mass is 10.00. The van der Waals surface area contributed by atoms with Gasteiger partial charge in [-0.1, -0.05) is 23.7 Å². The number of benzene rings is 2. The van der Waals surface area contributed by atoms with Gasteiger partial charge in [0, 0.05) is 29.2 Å². The summed E-state index contributed by atoms with van der Waals surface area (Å²) in [6, 6.07) is 12.6. The van der Waals surface area contributed by atoms with Crippen molar-refractivity contribution in [3.63, 3.8) is 0 Å². The highest BCUT2D eigenvalue weighted by molar-refractivity contribution is 6.30. The van der Waals surface area contributed by atoms with E-state index < -0.39 is 17.7 Å². The standard InChI is InChI=1S/C30H37ClN6O5/c1-6-32-26(38)18-24-28-36-35-19(2)37(28)25-12-11-22(17-23(25)27(34-24)20-7-9-21(31)10-8-20)41-16-15-40-14-13-33-29(39)42-30(3,4)5/h7-12,17,24H,6,13-16,18H2,1-5H3,(H,32,38)(H,33,39). The van der Waals surface area contributed by atoms with Crippen molar-refractivity contribution in [2.75, 3.05) is 32.9 Å². The highest BCUT2D eigenvalue weighted by Gasteiger charge is 2.30. The number of aromatic nitrogens is 3. The van der Waals surface area contributed by atoms with Gasteiger partial charge in [0.15, 0.2) is 5.82 Å². The minimum absolute atomic E-state index is 0.120. The molecule has 0 fully saturated rings. The highest BCUT2D eigenvalue weighted by atomic mass is 35.5. The van der Waals surface area contributed by atoms with E-state index in [1.807, 2.05) is 81.7 Å². The fourth-order valence-corrected chi connectivity index (χ4v) is 4.57. The van der Waals surface area contributed by atoms with Gasteiger partial charge in [-0.25, -0.2) is 4.79 Å². The molecule has 12 heteroatoms. The Morgan fingerprint density at radius 2 is 1.79 bits per heavy atom. The number of fused-ring (bicyclic) bond motifs is 3. The SMILES string of the molecule is CCNC(=O)CC1N=C(c2ccc(Cl)cc2)c2cc(OCCOCCNC(=O)OC(C)(C)C)ccc2-n2c(C)nnc21. The number of nitrogens with one attached hydrogen (secondary N) is 2. The number of alkyl carbamates (subject to hydrolysis) is 1. The number of nitrogens with zero attached hydrogens (tertiary/aromatic N) is 4. The summed E-state index contributed by atoms with van der Waals surface area (Å²) in [4.78, 5) is 29.5. The summed E-state index contributed by atoms with van der Waals surface area (Å²) in [5.74, 6) is 1.78. The van der Waals surface area contributed by atoms with Gasteiger partial charge in [0.1, 0.15) is 29.8 Å². The van der Waals surface area contributed by atoms with Crippen LogP contribution in [0.2, 0.25) is 5.02 Å². The lowest BCUT2D eigenvalue weighted by Crippen LogP contribution is -2.34. The molecule has 1 aromatic heterocycles. The smallest absolute Gasteiger partial charge is 0.407 e. The van der Waals surface area contributed by atoms with Gasteiger partial charge in [-0.3, -0.25) is 14.4 Å². The summed E-state index contributed by atoms with van der Waals surface area (Å²) >= 11 is 6.19. The molecule has 1 aliphatic rings. The molecule has 2 amide bonds. The number of hydrogen-bond acceptors (Lipinski definition) is 8. The average Bonchev–Trinajstić information content (AvgIpc) is 3.25. The Morgan fingerprint density at radius 1 is 1.02 bits per heavy atom. The van der Waals surface area contributed by atoms with Gasteiger partial charge in [0.25, 0.3) is 0 Å². The van der Waals surface area contributed by atoms with Crippen LogP contribution in [0, 0.1) is 6.92 Å². The number of halogens is 1. The Kier molecular flexibility index (Phi) is 10.2.